The topological polar surface area (TPSA) is 46.0 Å². The Morgan fingerprint density at radius 2 is 1.70 bits per heavy atom. The van der Waals surface area contributed by atoms with Gasteiger partial charge in [0.25, 0.3) is 0 Å². The summed E-state index contributed by atoms with van der Waals surface area (Å²) in [4.78, 5) is 8.70. The van der Waals surface area contributed by atoms with E-state index < -0.39 is 0 Å². The van der Waals surface area contributed by atoms with E-state index in [4.69, 9.17) is 23.2 Å². The Morgan fingerprint density at radius 3 is 2.30 bits per heavy atom. The van der Waals surface area contributed by atoms with Gasteiger partial charge in [-0.05, 0) is 30.9 Å². The van der Waals surface area contributed by atoms with Gasteiger partial charge in [0.2, 0.25) is 0 Å². The van der Waals surface area contributed by atoms with Crippen LogP contribution in [0.15, 0.2) is 24.3 Å². The molecule has 1 saturated carbocycles. The third-order valence-electron chi connectivity index (χ3n) is 3.72. The van der Waals surface area contributed by atoms with Crippen LogP contribution in [0.1, 0.15) is 37.2 Å². The fourth-order valence-corrected chi connectivity index (χ4v) is 3.44. The van der Waals surface area contributed by atoms with Gasteiger partial charge in [0.1, 0.15) is 16.1 Å². The summed E-state index contributed by atoms with van der Waals surface area (Å²) in [6.45, 7) is 0. The van der Waals surface area contributed by atoms with Crippen LogP contribution in [-0.2, 0) is 0 Å². The highest BCUT2D eigenvalue weighted by atomic mass is 35.5. The van der Waals surface area contributed by atoms with Gasteiger partial charge in [0.15, 0.2) is 5.82 Å². The van der Waals surface area contributed by atoms with Crippen LogP contribution in [-0.4, -0.2) is 15.1 Å². The quantitative estimate of drug-likeness (QED) is 0.809. The summed E-state index contributed by atoms with van der Waals surface area (Å²) in [5, 5.41) is 10.4. The van der Waals surface area contributed by atoms with Gasteiger partial charge >= 0.3 is 0 Å². The van der Waals surface area contributed by atoms with Gasteiger partial charge in [-0.2, -0.15) is 0 Å². The molecule has 0 unspecified atom stereocenters. The second-order valence-corrected chi connectivity index (χ2v) is 5.79. The summed E-state index contributed by atoms with van der Waals surface area (Å²) in [7, 11) is 0. The maximum Gasteiger partial charge on any atom is 0.162 e. The molecule has 20 heavy (non-hydrogen) atoms. The Morgan fingerprint density at radius 1 is 1.05 bits per heavy atom. The molecule has 0 aliphatic heterocycles. The molecule has 1 aliphatic carbocycles. The highest BCUT2D eigenvalue weighted by Crippen LogP contribution is 2.40. The normalized spacial score (nSPS) is 15.7. The van der Waals surface area contributed by atoms with Crippen LogP contribution < -0.4 is 0 Å². The van der Waals surface area contributed by atoms with E-state index in [-0.39, 0.29) is 5.75 Å². The minimum absolute atomic E-state index is 0.165. The minimum atomic E-state index is 0.165. The van der Waals surface area contributed by atoms with E-state index in [9.17, 15) is 5.11 Å². The molecule has 0 bridgehead atoms. The lowest BCUT2D eigenvalue weighted by atomic mass is 10.0. The van der Waals surface area contributed by atoms with Crippen molar-refractivity contribution in [2.24, 2.45) is 0 Å². The highest BCUT2D eigenvalue weighted by Gasteiger charge is 2.24. The van der Waals surface area contributed by atoms with E-state index >= 15 is 0 Å². The van der Waals surface area contributed by atoms with Crippen LogP contribution in [0.5, 0.6) is 5.75 Å². The van der Waals surface area contributed by atoms with E-state index in [0.717, 1.165) is 18.4 Å². The first-order valence-corrected chi connectivity index (χ1v) is 7.43. The lowest BCUT2D eigenvalue weighted by Gasteiger charge is -2.13. The smallest absolute Gasteiger partial charge is 0.162 e. The van der Waals surface area contributed by atoms with E-state index in [1.54, 1.807) is 18.2 Å². The van der Waals surface area contributed by atoms with Crippen LogP contribution >= 0.6 is 23.2 Å². The van der Waals surface area contributed by atoms with Crippen molar-refractivity contribution < 1.29 is 5.11 Å². The maximum atomic E-state index is 9.52. The minimum Gasteiger partial charge on any atom is -0.508 e. The van der Waals surface area contributed by atoms with Gasteiger partial charge in [0, 0.05) is 11.1 Å². The molecule has 3 nitrogen and oxygen atoms in total. The van der Waals surface area contributed by atoms with E-state index in [1.807, 2.05) is 6.07 Å². The van der Waals surface area contributed by atoms with E-state index in [1.165, 1.54) is 12.8 Å². The molecule has 1 aromatic heterocycles. The number of halogens is 2. The predicted octanol–water partition coefficient (Wildman–Crippen LogP) is 4.81. The molecule has 1 N–H and O–H groups in total. The molecular formula is C15H14Cl2N2O. The number of hydrogen-bond acceptors (Lipinski definition) is 3. The first kappa shape index (κ1) is 13.7. The zero-order valence-electron chi connectivity index (χ0n) is 10.8. The molecule has 0 spiro atoms. The van der Waals surface area contributed by atoms with Crippen molar-refractivity contribution in [2.45, 2.75) is 31.6 Å². The maximum absolute atomic E-state index is 9.52. The predicted molar refractivity (Wildman–Crippen MR) is 80.4 cm³/mol. The third-order valence-corrected chi connectivity index (χ3v) is 4.30. The lowest BCUT2D eigenvalue weighted by molar-refractivity contribution is 0.475. The SMILES string of the molecule is Oc1cccc(-c2nc(Cl)c(C3CCCC3)c(Cl)n2)c1. The second-order valence-electron chi connectivity index (χ2n) is 5.07. The summed E-state index contributed by atoms with van der Waals surface area (Å²) in [5.74, 6) is 0.976. The monoisotopic (exact) mass is 308 g/mol. The number of nitrogens with zero attached hydrogens (tertiary/aromatic N) is 2. The molecule has 2 aromatic rings. The lowest BCUT2D eigenvalue weighted by Crippen LogP contribution is -2.01. The van der Waals surface area contributed by atoms with Crippen molar-refractivity contribution in [1.29, 1.82) is 0 Å². The van der Waals surface area contributed by atoms with Crippen LogP contribution in [0.4, 0.5) is 0 Å². The van der Waals surface area contributed by atoms with Gasteiger partial charge in [-0.25, -0.2) is 9.97 Å². The van der Waals surface area contributed by atoms with E-state index in [0.29, 0.717) is 27.6 Å². The number of benzene rings is 1. The largest absolute Gasteiger partial charge is 0.508 e. The van der Waals surface area contributed by atoms with Crippen LogP contribution in [0, 0.1) is 0 Å². The van der Waals surface area contributed by atoms with Crippen molar-refractivity contribution in [3.8, 4) is 17.1 Å². The summed E-state index contributed by atoms with van der Waals surface area (Å²) < 4.78 is 0. The van der Waals surface area contributed by atoms with Crippen LogP contribution in [0.2, 0.25) is 10.3 Å². The fraction of sp³-hybridized carbons (Fsp3) is 0.333. The van der Waals surface area contributed by atoms with E-state index in [2.05, 4.69) is 9.97 Å². The van der Waals surface area contributed by atoms with Gasteiger partial charge < -0.3 is 5.11 Å². The van der Waals surface area contributed by atoms with Gasteiger partial charge in [-0.3, -0.25) is 0 Å². The van der Waals surface area contributed by atoms with Crippen molar-refractivity contribution in [2.75, 3.05) is 0 Å². The van der Waals surface area contributed by atoms with Crippen molar-refractivity contribution in [3.63, 3.8) is 0 Å². The zero-order valence-corrected chi connectivity index (χ0v) is 12.3. The molecule has 0 radical (unpaired) electrons. The first-order valence-electron chi connectivity index (χ1n) is 6.67. The van der Waals surface area contributed by atoms with Gasteiger partial charge in [0.05, 0.1) is 0 Å². The second kappa shape index (κ2) is 5.58. The average molecular weight is 309 g/mol. The third kappa shape index (κ3) is 2.60. The molecule has 0 atom stereocenters. The molecule has 1 aliphatic rings. The Balaban J connectivity index is 2.03. The molecule has 5 heteroatoms. The molecule has 0 amide bonds. The summed E-state index contributed by atoms with van der Waals surface area (Å²) in [6.07, 6.45) is 4.58. The molecule has 1 fully saturated rings. The summed E-state index contributed by atoms with van der Waals surface area (Å²) in [5.41, 5.74) is 1.57. The number of rotatable bonds is 2. The molecule has 0 saturated heterocycles. The Hall–Kier alpha value is -1.32. The standard InChI is InChI=1S/C15H14Cl2N2O/c16-13-12(9-4-1-2-5-9)14(17)19-15(18-13)10-6-3-7-11(20)8-10/h3,6-9,20H,1-2,4-5H2. The number of aromatic hydroxyl groups is 1. The molecular weight excluding hydrogens is 295 g/mol. The molecule has 104 valence electrons. The molecule has 1 heterocycles. The van der Waals surface area contributed by atoms with Crippen LogP contribution in [0.25, 0.3) is 11.4 Å². The number of phenols is 1. The Bertz CT molecular complexity index is 617. The Kier molecular flexibility index (Phi) is 3.81. The first-order chi connectivity index (χ1) is 9.65. The van der Waals surface area contributed by atoms with Crippen molar-refractivity contribution >= 4 is 23.2 Å². The number of aromatic nitrogens is 2. The number of phenolic OH excluding ortho intramolecular Hbond substituents is 1. The molecule has 1 aromatic carbocycles. The number of hydrogen-bond donors (Lipinski definition) is 1. The van der Waals surface area contributed by atoms with Crippen molar-refractivity contribution in [1.82, 2.24) is 9.97 Å². The zero-order chi connectivity index (χ0) is 14.1. The average Bonchev–Trinajstić information content (AvgIpc) is 2.91. The Labute approximate surface area is 127 Å². The van der Waals surface area contributed by atoms with Gasteiger partial charge in [-0.15, -0.1) is 0 Å². The highest BCUT2D eigenvalue weighted by molar-refractivity contribution is 6.34. The van der Waals surface area contributed by atoms with Crippen LogP contribution in [0.3, 0.4) is 0 Å². The van der Waals surface area contributed by atoms with Gasteiger partial charge in [-0.1, -0.05) is 48.2 Å². The van der Waals surface area contributed by atoms with Crippen molar-refractivity contribution in [3.05, 3.63) is 40.1 Å². The molecule has 3 rings (SSSR count). The summed E-state index contributed by atoms with van der Waals surface area (Å²) in [6, 6.07) is 6.74. The summed E-state index contributed by atoms with van der Waals surface area (Å²) >= 11 is 12.6. The fourth-order valence-electron chi connectivity index (χ4n) is 2.74.